The summed E-state index contributed by atoms with van der Waals surface area (Å²) in [6.45, 7) is 6.00. The van der Waals surface area contributed by atoms with Gasteiger partial charge in [0.05, 0.1) is 18.9 Å². The highest BCUT2D eigenvalue weighted by molar-refractivity contribution is 6.05. The molecule has 8 nitrogen and oxygen atoms in total. The quantitative estimate of drug-likeness (QED) is 0.319. The number of anilines is 2. The Bertz CT molecular complexity index is 1380. The molecule has 39 heavy (non-hydrogen) atoms. The van der Waals surface area contributed by atoms with Crippen molar-refractivity contribution in [2.75, 3.05) is 43.5 Å². The summed E-state index contributed by atoms with van der Waals surface area (Å²) >= 11 is 0. The van der Waals surface area contributed by atoms with Crippen LogP contribution < -0.4 is 16.4 Å². The van der Waals surface area contributed by atoms with Crippen LogP contribution in [0.15, 0.2) is 77.3 Å². The van der Waals surface area contributed by atoms with Crippen molar-refractivity contribution in [3.63, 3.8) is 0 Å². The molecular formula is C31H35N5O3. The fourth-order valence-electron chi connectivity index (χ4n) is 4.77. The Hall–Kier alpha value is -4.14. The number of hydroxylamine groups is 2. The number of carbonyl (C=O) groups is 1. The fourth-order valence-corrected chi connectivity index (χ4v) is 4.77. The largest absolute Gasteiger partial charge is 0.399 e. The third-order valence-corrected chi connectivity index (χ3v) is 6.85. The van der Waals surface area contributed by atoms with Gasteiger partial charge in [-0.15, -0.1) is 0 Å². The Balaban J connectivity index is 1.37. The van der Waals surface area contributed by atoms with Crippen molar-refractivity contribution in [2.24, 2.45) is 10.7 Å². The van der Waals surface area contributed by atoms with Gasteiger partial charge in [-0.1, -0.05) is 43.3 Å². The highest BCUT2D eigenvalue weighted by Crippen LogP contribution is 2.33. The summed E-state index contributed by atoms with van der Waals surface area (Å²) in [6.07, 6.45) is 2.89. The van der Waals surface area contributed by atoms with E-state index in [1.807, 2.05) is 49.4 Å². The average molecular weight is 526 g/mol. The number of carbonyl (C=O) groups excluding carboxylic acids is 1. The molecule has 8 heteroatoms. The van der Waals surface area contributed by atoms with Crippen LogP contribution in [0.1, 0.15) is 30.9 Å². The van der Waals surface area contributed by atoms with Crippen molar-refractivity contribution >= 4 is 34.9 Å². The molecule has 0 bridgehead atoms. The van der Waals surface area contributed by atoms with Crippen molar-refractivity contribution in [3.8, 4) is 11.1 Å². The molecule has 0 spiro atoms. The number of nitrogens with two attached hydrogens (primary N) is 2. The number of aliphatic imine (C=N–C) groups is 1. The summed E-state index contributed by atoms with van der Waals surface area (Å²) in [7, 11) is 0. The standard InChI is InChI=1S/C31H35N5O3/c1-2-12-36(39-21-22-6-10-27(32)11-7-22)31(37)26-17-25-9-8-24(19-29(25)34-30(33)20-26)23-4-3-5-28(18-23)35-13-15-38-16-14-35/h3-11,17-19H,2,12-16,20-21,32H2,1H3,(H2,33,34). The minimum Gasteiger partial charge on any atom is -0.399 e. The maximum absolute atomic E-state index is 13.5. The molecule has 0 aliphatic carbocycles. The van der Waals surface area contributed by atoms with Gasteiger partial charge in [0.15, 0.2) is 0 Å². The molecule has 2 heterocycles. The molecule has 0 atom stereocenters. The van der Waals surface area contributed by atoms with Gasteiger partial charge in [-0.2, -0.15) is 0 Å². The number of rotatable bonds is 8. The van der Waals surface area contributed by atoms with Crippen LogP contribution in [-0.4, -0.2) is 49.7 Å². The number of nitrogen functional groups attached to an aromatic ring is 1. The van der Waals surface area contributed by atoms with Gasteiger partial charge >= 0.3 is 0 Å². The zero-order chi connectivity index (χ0) is 27.2. The van der Waals surface area contributed by atoms with Gasteiger partial charge in [0.1, 0.15) is 12.4 Å². The summed E-state index contributed by atoms with van der Waals surface area (Å²) in [6, 6.07) is 22.0. The van der Waals surface area contributed by atoms with E-state index < -0.39 is 0 Å². The number of ether oxygens (including phenoxy) is 1. The molecule has 1 saturated heterocycles. The second-order valence-corrected chi connectivity index (χ2v) is 9.80. The van der Waals surface area contributed by atoms with Gasteiger partial charge in [0.25, 0.3) is 5.91 Å². The number of amidine groups is 1. The minimum atomic E-state index is -0.208. The molecule has 0 unspecified atom stereocenters. The number of nitrogens with zero attached hydrogens (tertiary/aromatic N) is 3. The number of amides is 1. The fraction of sp³-hybridized carbons (Fsp3) is 0.290. The number of fused-ring (bicyclic) bond motifs is 1. The maximum Gasteiger partial charge on any atom is 0.273 e. The van der Waals surface area contributed by atoms with Crippen molar-refractivity contribution in [1.82, 2.24) is 5.06 Å². The Morgan fingerprint density at radius 2 is 1.79 bits per heavy atom. The zero-order valence-corrected chi connectivity index (χ0v) is 22.3. The molecule has 202 valence electrons. The highest BCUT2D eigenvalue weighted by Gasteiger charge is 2.22. The first-order chi connectivity index (χ1) is 19.0. The Kier molecular flexibility index (Phi) is 8.24. The maximum atomic E-state index is 13.5. The van der Waals surface area contributed by atoms with E-state index in [1.165, 1.54) is 10.8 Å². The van der Waals surface area contributed by atoms with Crippen LogP contribution in [0.2, 0.25) is 0 Å². The molecule has 0 radical (unpaired) electrons. The summed E-state index contributed by atoms with van der Waals surface area (Å²) in [5, 5.41) is 1.42. The Morgan fingerprint density at radius 1 is 1.03 bits per heavy atom. The molecule has 1 amide bonds. The predicted molar refractivity (Wildman–Crippen MR) is 156 cm³/mol. The van der Waals surface area contributed by atoms with E-state index in [2.05, 4.69) is 40.2 Å². The van der Waals surface area contributed by atoms with Gasteiger partial charge in [0, 0.05) is 48.6 Å². The zero-order valence-electron chi connectivity index (χ0n) is 22.3. The Labute approximate surface area is 229 Å². The molecular weight excluding hydrogens is 490 g/mol. The monoisotopic (exact) mass is 525 g/mol. The lowest BCUT2D eigenvalue weighted by Crippen LogP contribution is -2.36. The van der Waals surface area contributed by atoms with Gasteiger partial charge in [-0.3, -0.25) is 9.63 Å². The molecule has 3 aromatic carbocycles. The molecule has 5 rings (SSSR count). The topological polar surface area (TPSA) is 106 Å². The third-order valence-electron chi connectivity index (χ3n) is 6.85. The molecule has 0 aromatic heterocycles. The second-order valence-electron chi connectivity index (χ2n) is 9.80. The molecule has 2 aliphatic rings. The lowest BCUT2D eigenvalue weighted by molar-refractivity contribution is -0.187. The van der Waals surface area contributed by atoms with E-state index in [0.717, 1.165) is 60.7 Å². The highest BCUT2D eigenvalue weighted by atomic mass is 16.7. The van der Waals surface area contributed by atoms with Gasteiger partial charge < -0.3 is 21.1 Å². The second kappa shape index (κ2) is 12.1. The molecule has 2 aliphatic heterocycles. The van der Waals surface area contributed by atoms with Gasteiger partial charge in [0.2, 0.25) is 0 Å². The first kappa shape index (κ1) is 26.5. The number of hydrogen-bond donors (Lipinski definition) is 2. The summed E-state index contributed by atoms with van der Waals surface area (Å²) in [5.74, 6) is 0.183. The van der Waals surface area contributed by atoms with Crippen molar-refractivity contribution in [1.29, 1.82) is 0 Å². The number of morpholine rings is 1. The first-order valence-electron chi connectivity index (χ1n) is 13.4. The molecule has 3 aromatic rings. The Morgan fingerprint density at radius 3 is 2.56 bits per heavy atom. The van der Waals surface area contributed by atoms with Crippen LogP contribution in [0.3, 0.4) is 0 Å². The normalized spacial score (nSPS) is 15.2. The molecule has 1 fully saturated rings. The van der Waals surface area contributed by atoms with Gasteiger partial charge in [-0.25, -0.2) is 10.1 Å². The van der Waals surface area contributed by atoms with E-state index in [0.29, 0.717) is 23.6 Å². The van der Waals surface area contributed by atoms with Crippen molar-refractivity contribution in [3.05, 3.63) is 83.4 Å². The molecule has 0 saturated carbocycles. The summed E-state index contributed by atoms with van der Waals surface area (Å²) in [5.41, 5.74) is 19.2. The van der Waals surface area contributed by atoms with E-state index in [1.54, 1.807) is 0 Å². The lowest BCUT2D eigenvalue weighted by Gasteiger charge is -2.29. The van der Waals surface area contributed by atoms with E-state index in [-0.39, 0.29) is 18.9 Å². The minimum absolute atomic E-state index is 0.208. The average Bonchev–Trinajstić information content (AvgIpc) is 3.13. The van der Waals surface area contributed by atoms with Gasteiger partial charge in [-0.05, 0) is 59.5 Å². The van der Waals surface area contributed by atoms with Crippen LogP contribution in [-0.2, 0) is 21.0 Å². The van der Waals surface area contributed by atoms with E-state index >= 15 is 0 Å². The van der Waals surface area contributed by atoms with Crippen molar-refractivity contribution in [2.45, 2.75) is 26.4 Å². The van der Waals surface area contributed by atoms with Crippen LogP contribution in [0.4, 0.5) is 17.1 Å². The number of hydrogen-bond acceptors (Lipinski definition) is 7. The predicted octanol–water partition coefficient (Wildman–Crippen LogP) is 4.92. The third kappa shape index (κ3) is 6.47. The van der Waals surface area contributed by atoms with Crippen LogP contribution in [0.25, 0.3) is 17.2 Å². The van der Waals surface area contributed by atoms with E-state index in [4.69, 9.17) is 21.0 Å². The summed E-state index contributed by atoms with van der Waals surface area (Å²) < 4.78 is 5.50. The SMILES string of the molecule is CCCN(OCc1ccc(N)cc1)C(=O)C1=Cc2ccc(-c3cccc(N4CCOCC4)c3)cc2N=C(N)C1. The lowest BCUT2D eigenvalue weighted by atomic mass is 10.0. The molecule has 4 N–H and O–H groups in total. The van der Waals surface area contributed by atoms with Crippen LogP contribution in [0.5, 0.6) is 0 Å². The van der Waals surface area contributed by atoms with Crippen molar-refractivity contribution < 1.29 is 14.4 Å². The van der Waals surface area contributed by atoms with Crippen LogP contribution in [0, 0.1) is 0 Å². The number of benzene rings is 3. The van der Waals surface area contributed by atoms with Crippen LogP contribution >= 0.6 is 0 Å². The summed E-state index contributed by atoms with van der Waals surface area (Å²) in [4.78, 5) is 26.5. The smallest absolute Gasteiger partial charge is 0.273 e. The van der Waals surface area contributed by atoms with E-state index in [9.17, 15) is 4.79 Å². The first-order valence-corrected chi connectivity index (χ1v) is 13.4.